The van der Waals surface area contributed by atoms with Gasteiger partial charge in [0.2, 0.25) is 0 Å². The Hall–Kier alpha value is -4.84. The Kier molecular flexibility index (Phi) is 20.6. The van der Waals surface area contributed by atoms with Crippen LogP contribution in [0.4, 0.5) is 0 Å². The van der Waals surface area contributed by atoms with Gasteiger partial charge in [0.1, 0.15) is 22.4 Å². The Morgan fingerprint density at radius 1 is 0.400 bits per heavy atom. The summed E-state index contributed by atoms with van der Waals surface area (Å²) in [5.41, 5.74) is -1.04. The van der Waals surface area contributed by atoms with E-state index in [1.807, 2.05) is 76.2 Å². The van der Waals surface area contributed by atoms with E-state index in [4.69, 9.17) is 18.9 Å². The number of nitrogens with one attached hydrogen (secondary N) is 2. The van der Waals surface area contributed by atoms with Crippen LogP contribution < -0.4 is 10.6 Å². The van der Waals surface area contributed by atoms with Crippen LogP contribution in [0.25, 0.3) is 0 Å². The van der Waals surface area contributed by atoms with Gasteiger partial charge in [-0.05, 0) is 105 Å². The van der Waals surface area contributed by atoms with E-state index in [1.54, 1.807) is 48.5 Å². The van der Waals surface area contributed by atoms with Crippen LogP contribution in [0.15, 0.2) is 97.1 Å². The highest BCUT2D eigenvalue weighted by Gasteiger charge is 2.30. The molecule has 0 saturated heterocycles. The summed E-state index contributed by atoms with van der Waals surface area (Å²) >= 11 is 0. The van der Waals surface area contributed by atoms with Gasteiger partial charge in [-0.3, -0.25) is 19.2 Å². The predicted octanol–water partition coefficient (Wildman–Crippen LogP) is 7.18. The molecule has 0 heterocycles. The fourth-order valence-electron chi connectivity index (χ4n) is 7.49. The zero-order chi connectivity index (χ0) is 52.2. The van der Waals surface area contributed by atoms with Gasteiger partial charge in [0.15, 0.2) is 23.1 Å². The van der Waals surface area contributed by atoms with Crippen molar-refractivity contribution in [2.75, 3.05) is 39.6 Å². The van der Waals surface area contributed by atoms with Gasteiger partial charge < -0.3 is 50.0 Å². The number of hydrogen-bond acceptors (Lipinski definition) is 14. The summed E-state index contributed by atoms with van der Waals surface area (Å²) in [6.07, 6.45) is -0.438. The Balaban J connectivity index is 1.24. The summed E-state index contributed by atoms with van der Waals surface area (Å²) in [5, 5.41) is 48.2. The number of rotatable bonds is 29. The fraction of sp³-hybridized carbons (Fsp3) is 0.500. The molecule has 0 aromatic heterocycles. The molecule has 0 aliphatic carbocycles. The second-order valence-electron chi connectivity index (χ2n) is 20.5. The molecule has 4 aromatic rings. The van der Waals surface area contributed by atoms with Crippen LogP contribution in [-0.2, 0) is 18.9 Å². The Morgan fingerprint density at radius 2 is 0.614 bits per heavy atom. The molecule has 0 radical (unpaired) electrons. The van der Waals surface area contributed by atoms with E-state index in [0.29, 0.717) is 61.9 Å². The van der Waals surface area contributed by atoms with Crippen molar-refractivity contribution in [1.29, 1.82) is 0 Å². The molecule has 14 nitrogen and oxygen atoms in total. The summed E-state index contributed by atoms with van der Waals surface area (Å²) in [4.78, 5) is 50.9. The SMILES string of the molecule is CC(COC(C)COCCOCC(C)OCC(C)NC(c1ccc(C(=O)C(C)(C)O)cc1)c1ccc(C(=O)C(C)(C)O)cc1)NC(c1ccc(C(=O)C(C)(C)O)cc1)c1ccc(C(=O)C(C)(C)O)cc1. The summed E-state index contributed by atoms with van der Waals surface area (Å²) < 4.78 is 24.0. The molecule has 0 saturated carbocycles. The second-order valence-corrected chi connectivity index (χ2v) is 20.5. The summed E-state index contributed by atoms with van der Waals surface area (Å²) in [7, 11) is 0. The van der Waals surface area contributed by atoms with Crippen LogP contribution in [0.2, 0.25) is 0 Å². The molecule has 0 aliphatic rings. The van der Waals surface area contributed by atoms with Crippen molar-refractivity contribution in [3.05, 3.63) is 142 Å². The molecule has 70 heavy (non-hydrogen) atoms. The molecule has 6 N–H and O–H groups in total. The third kappa shape index (κ3) is 17.5. The van der Waals surface area contributed by atoms with Crippen LogP contribution in [0.1, 0.15) is 159 Å². The van der Waals surface area contributed by atoms with Crippen molar-refractivity contribution in [3.63, 3.8) is 0 Å². The van der Waals surface area contributed by atoms with Crippen molar-refractivity contribution in [2.24, 2.45) is 0 Å². The van der Waals surface area contributed by atoms with E-state index in [-0.39, 0.29) is 59.5 Å². The van der Waals surface area contributed by atoms with Crippen molar-refractivity contribution in [3.8, 4) is 0 Å². The standard InChI is InChI=1S/C56H76N2O12/c1-35(57-47(39-13-21-43(22-14-39)49(59)53(5,6)63)40-15-23-44(24-16-40)50(60)54(7,8)64)31-69-37(3)33-67-29-30-68-34-38(4)70-32-36(2)58-48(41-17-25-45(26-18-41)51(61)55(9,10)65)42-19-27-46(28-20-42)52(62)56(11,12)66/h13-28,35-38,47-48,57-58,63-66H,29-34H2,1-12H3. The first-order chi connectivity index (χ1) is 32.6. The van der Waals surface area contributed by atoms with Crippen LogP contribution in [-0.4, -0.2) is 130 Å². The first-order valence-corrected chi connectivity index (χ1v) is 24.0. The maximum Gasteiger partial charge on any atom is 0.193 e. The van der Waals surface area contributed by atoms with Crippen molar-refractivity contribution < 1.29 is 58.6 Å². The van der Waals surface area contributed by atoms with Gasteiger partial charge in [-0.15, -0.1) is 0 Å². The van der Waals surface area contributed by atoms with Crippen molar-refractivity contribution in [2.45, 2.75) is 142 Å². The average molecular weight is 969 g/mol. The lowest BCUT2D eigenvalue weighted by Crippen LogP contribution is -2.36. The van der Waals surface area contributed by atoms with Crippen LogP contribution in [0.5, 0.6) is 0 Å². The summed E-state index contributed by atoms with van der Waals surface area (Å²) in [6.45, 7) is 21.6. The quantitative estimate of drug-likeness (QED) is 0.0235. The molecule has 382 valence electrons. The summed E-state index contributed by atoms with van der Waals surface area (Å²) in [6, 6.07) is 27.3. The van der Waals surface area contributed by atoms with E-state index in [1.165, 1.54) is 55.4 Å². The first kappa shape index (κ1) is 57.7. The zero-order valence-electron chi connectivity index (χ0n) is 43.0. The normalized spacial score (nSPS) is 14.4. The number of carbonyl (C=O) groups excluding carboxylic acids is 4. The largest absolute Gasteiger partial charge is 0.382 e. The first-order valence-electron chi connectivity index (χ1n) is 24.0. The molecule has 4 rings (SSSR count). The number of aliphatic hydroxyl groups is 4. The molecule has 14 heteroatoms. The summed E-state index contributed by atoms with van der Waals surface area (Å²) in [5.74, 6) is -1.54. The predicted molar refractivity (Wildman–Crippen MR) is 270 cm³/mol. The minimum absolute atomic E-state index is 0.135. The minimum Gasteiger partial charge on any atom is -0.382 e. The number of hydrogen-bond donors (Lipinski definition) is 6. The number of ketones is 4. The van der Waals surface area contributed by atoms with E-state index >= 15 is 0 Å². The van der Waals surface area contributed by atoms with Gasteiger partial charge >= 0.3 is 0 Å². The fourth-order valence-corrected chi connectivity index (χ4v) is 7.49. The monoisotopic (exact) mass is 969 g/mol. The molecule has 0 aliphatic heterocycles. The minimum atomic E-state index is -1.51. The number of ether oxygens (including phenoxy) is 4. The number of Topliss-reactive ketones (excluding diaryl/α,β-unsaturated/α-hetero) is 4. The van der Waals surface area contributed by atoms with Crippen molar-refractivity contribution >= 4 is 23.1 Å². The van der Waals surface area contributed by atoms with Crippen LogP contribution >= 0.6 is 0 Å². The number of benzene rings is 4. The van der Waals surface area contributed by atoms with Gasteiger partial charge in [0, 0.05) is 34.3 Å². The molecule has 4 unspecified atom stereocenters. The Bertz CT molecular complexity index is 2000. The van der Waals surface area contributed by atoms with Crippen LogP contribution in [0, 0.1) is 0 Å². The lowest BCUT2D eigenvalue weighted by atomic mass is 9.91. The molecule has 4 atom stereocenters. The lowest BCUT2D eigenvalue weighted by molar-refractivity contribution is -0.0473. The highest BCUT2D eigenvalue weighted by atomic mass is 16.6. The van der Waals surface area contributed by atoms with Gasteiger partial charge in [-0.1, -0.05) is 97.1 Å². The molecule has 0 bridgehead atoms. The Morgan fingerprint density at radius 3 is 0.814 bits per heavy atom. The van der Waals surface area contributed by atoms with E-state index in [0.717, 1.165) is 22.3 Å². The molecule has 4 aromatic carbocycles. The van der Waals surface area contributed by atoms with Crippen molar-refractivity contribution in [1.82, 2.24) is 10.6 Å². The molecular weight excluding hydrogens is 893 g/mol. The third-order valence-electron chi connectivity index (χ3n) is 11.5. The molecular formula is C56H76N2O12. The van der Waals surface area contributed by atoms with Crippen LogP contribution in [0.3, 0.4) is 0 Å². The average Bonchev–Trinajstić information content (AvgIpc) is 3.30. The zero-order valence-corrected chi connectivity index (χ0v) is 43.0. The molecule has 0 spiro atoms. The number of carbonyl (C=O) groups is 4. The molecule has 0 amide bonds. The van der Waals surface area contributed by atoms with Gasteiger partial charge in [0.05, 0.1) is 63.9 Å². The van der Waals surface area contributed by atoms with E-state index < -0.39 is 22.4 Å². The highest BCUT2D eigenvalue weighted by Crippen LogP contribution is 2.28. The molecule has 0 fully saturated rings. The smallest absolute Gasteiger partial charge is 0.193 e. The van der Waals surface area contributed by atoms with E-state index in [2.05, 4.69) is 10.6 Å². The second kappa shape index (κ2) is 25.0. The topological polar surface area (TPSA) is 210 Å². The van der Waals surface area contributed by atoms with E-state index in [9.17, 15) is 39.6 Å². The Labute approximate surface area is 414 Å². The van der Waals surface area contributed by atoms with Gasteiger partial charge in [0.25, 0.3) is 0 Å². The van der Waals surface area contributed by atoms with Gasteiger partial charge in [-0.25, -0.2) is 0 Å². The lowest BCUT2D eigenvalue weighted by Gasteiger charge is -2.26. The maximum absolute atomic E-state index is 12.7. The van der Waals surface area contributed by atoms with Gasteiger partial charge in [-0.2, -0.15) is 0 Å². The maximum atomic E-state index is 12.7. The highest BCUT2D eigenvalue weighted by molar-refractivity contribution is 6.03. The third-order valence-corrected chi connectivity index (χ3v) is 11.5.